The first kappa shape index (κ1) is 26.7. The van der Waals surface area contributed by atoms with E-state index in [-0.39, 0.29) is 0 Å². The molecule has 0 saturated carbocycles. The van der Waals surface area contributed by atoms with E-state index in [9.17, 15) is 0 Å². The number of nitrogens with zero attached hydrogens (tertiary/aromatic N) is 2. The predicted octanol–water partition coefficient (Wildman–Crippen LogP) is 6.47. The Kier molecular flexibility index (Phi) is 8.32. The molecular formula is C30H35Cl2N5O. The molecule has 3 N–H and O–H groups in total. The number of aromatic amines is 1. The van der Waals surface area contributed by atoms with Crippen molar-refractivity contribution in [2.75, 3.05) is 46.9 Å². The van der Waals surface area contributed by atoms with E-state index in [1.807, 2.05) is 24.3 Å². The molecule has 4 aromatic rings. The molecule has 0 unspecified atom stereocenters. The van der Waals surface area contributed by atoms with Gasteiger partial charge in [-0.1, -0.05) is 29.3 Å². The number of nitrogens with one attached hydrogen (secondary N) is 3. The minimum absolute atomic E-state index is 0.572. The summed E-state index contributed by atoms with van der Waals surface area (Å²) in [6.45, 7) is 6.11. The van der Waals surface area contributed by atoms with Crippen LogP contribution >= 0.6 is 23.2 Å². The number of rotatable bonds is 10. The highest BCUT2D eigenvalue weighted by atomic mass is 35.5. The third-order valence-electron chi connectivity index (χ3n) is 6.88. The van der Waals surface area contributed by atoms with Crippen LogP contribution in [0.2, 0.25) is 10.0 Å². The largest absolute Gasteiger partial charge is 0.491 e. The number of ether oxygens (including phenoxy) is 1. The number of halogens is 2. The van der Waals surface area contributed by atoms with Crippen LogP contribution in [0.3, 0.4) is 0 Å². The van der Waals surface area contributed by atoms with Crippen molar-refractivity contribution in [3.05, 3.63) is 63.6 Å². The summed E-state index contributed by atoms with van der Waals surface area (Å²) in [6, 6.07) is 14.3. The SMILES string of the molecule is CCNC(=NCCCOc1c2c(cc3c1[nH]c1ccc(Cl)cc13)-c1cc(Cl)ccc1C2)NCCCN(C)C. The van der Waals surface area contributed by atoms with Gasteiger partial charge in [0, 0.05) is 64.4 Å². The fourth-order valence-corrected chi connectivity index (χ4v) is 5.46. The van der Waals surface area contributed by atoms with Crippen LogP contribution in [0.15, 0.2) is 47.5 Å². The number of aromatic nitrogens is 1. The van der Waals surface area contributed by atoms with E-state index in [0.717, 1.165) is 82.5 Å². The van der Waals surface area contributed by atoms with Crippen LogP contribution in [0.25, 0.3) is 32.9 Å². The van der Waals surface area contributed by atoms with Crippen molar-refractivity contribution in [1.82, 2.24) is 20.5 Å². The van der Waals surface area contributed by atoms with Gasteiger partial charge in [0.25, 0.3) is 0 Å². The first-order valence-corrected chi connectivity index (χ1v) is 14.1. The van der Waals surface area contributed by atoms with Gasteiger partial charge in [0.2, 0.25) is 0 Å². The van der Waals surface area contributed by atoms with Gasteiger partial charge in [0.15, 0.2) is 5.96 Å². The van der Waals surface area contributed by atoms with E-state index >= 15 is 0 Å². The van der Waals surface area contributed by atoms with Gasteiger partial charge in [-0.25, -0.2) is 0 Å². The monoisotopic (exact) mass is 551 g/mol. The highest BCUT2D eigenvalue weighted by Crippen LogP contribution is 2.47. The minimum Gasteiger partial charge on any atom is -0.491 e. The smallest absolute Gasteiger partial charge is 0.191 e. The van der Waals surface area contributed by atoms with E-state index in [2.05, 4.69) is 59.7 Å². The minimum atomic E-state index is 0.572. The normalized spacial score (nSPS) is 12.8. The molecule has 0 amide bonds. The maximum absolute atomic E-state index is 6.54. The molecule has 0 spiro atoms. The van der Waals surface area contributed by atoms with Crippen molar-refractivity contribution in [3.63, 3.8) is 0 Å². The lowest BCUT2D eigenvalue weighted by Gasteiger charge is -2.14. The molecule has 1 aliphatic rings. The quantitative estimate of drug-likeness (QED) is 0.106. The Labute approximate surface area is 234 Å². The number of H-pyrrole nitrogens is 1. The lowest BCUT2D eigenvalue weighted by Crippen LogP contribution is -2.38. The molecule has 200 valence electrons. The molecule has 3 aromatic carbocycles. The highest BCUT2D eigenvalue weighted by Gasteiger charge is 2.26. The third kappa shape index (κ3) is 5.73. The van der Waals surface area contributed by atoms with E-state index in [4.69, 9.17) is 32.9 Å². The number of fused-ring (bicyclic) bond motifs is 6. The zero-order valence-corrected chi connectivity index (χ0v) is 23.8. The zero-order chi connectivity index (χ0) is 26.6. The molecule has 0 fully saturated rings. The summed E-state index contributed by atoms with van der Waals surface area (Å²) >= 11 is 12.8. The van der Waals surface area contributed by atoms with Crippen molar-refractivity contribution in [3.8, 4) is 16.9 Å². The summed E-state index contributed by atoms with van der Waals surface area (Å²) in [6.07, 6.45) is 2.70. The fourth-order valence-electron chi connectivity index (χ4n) is 5.11. The summed E-state index contributed by atoms with van der Waals surface area (Å²) < 4.78 is 6.54. The Hall–Kier alpha value is -2.93. The van der Waals surface area contributed by atoms with Gasteiger partial charge in [-0.05, 0) is 87.1 Å². The maximum atomic E-state index is 6.54. The molecule has 5 rings (SSSR count). The summed E-state index contributed by atoms with van der Waals surface area (Å²) in [7, 11) is 4.18. The topological polar surface area (TPSA) is 64.7 Å². The lowest BCUT2D eigenvalue weighted by molar-refractivity contribution is 0.314. The summed E-state index contributed by atoms with van der Waals surface area (Å²) in [5.74, 6) is 1.77. The molecular weight excluding hydrogens is 517 g/mol. The van der Waals surface area contributed by atoms with Gasteiger partial charge in [0.1, 0.15) is 5.75 Å². The fraction of sp³-hybridized carbons (Fsp3) is 0.367. The molecule has 1 heterocycles. The van der Waals surface area contributed by atoms with Crippen molar-refractivity contribution < 1.29 is 4.74 Å². The average molecular weight is 553 g/mol. The Morgan fingerprint density at radius 3 is 2.63 bits per heavy atom. The van der Waals surface area contributed by atoms with Crippen molar-refractivity contribution in [2.45, 2.75) is 26.2 Å². The van der Waals surface area contributed by atoms with Crippen molar-refractivity contribution in [2.24, 2.45) is 4.99 Å². The lowest BCUT2D eigenvalue weighted by atomic mass is 10.0. The number of benzene rings is 3. The molecule has 8 heteroatoms. The van der Waals surface area contributed by atoms with Crippen LogP contribution in [0.4, 0.5) is 0 Å². The number of hydrogen-bond donors (Lipinski definition) is 3. The molecule has 1 aliphatic carbocycles. The van der Waals surface area contributed by atoms with Crippen LogP contribution in [0.1, 0.15) is 30.9 Å². The van der Waals surface area contributed by atoms with Gasteiger partial charge < -0.3 is 25.3 Å². The molecule has 1 aromatic heterocycles. The second-order valence-electron chi connectivity index (χ2n) is 9.99. The van der Waals surface area contributed by atoms with Gasteiger partial charge in [-0.15, -0.1) is 0 Å². The Balaban J connectivity index is 1.36. The van der Waals surface area contributed by atoms with Crippen LogP contribution < -0.4 is 15.4 Å². The van der Waals surface area contributed by atoms with Crippen molar-refractivity contribution in [1.29, 1.82) is 0 Å². The van der Waals surface area contributed by atoms with E-state index in [1.165, 1.54) is 22.3 Å². The molecule has 38 heavy (non-hydrogen) atoms. The van der Waals surface area contributed by atoms with Gasteiger partial charge >= 0.3 is 0 Å². The first-order chi connectivity index (χ1) is 18.4. The van der Waals surface area contributed by atoms with Crippen molar-refractivity contribution >= 4 is 51.0 Å². The highest BCUT2D eigenvalue weighted by molar-refractivity contribution is 6.32. The molecule has 0 atom stereocenters. The molecule has 0 saturated heterocycles. The summed E-state index contributed by atoms with van der Waals surface area (Å²) in [5, 5.41) is 10.4. The third-order valence-corrected chi connectivity index (χ3v) is 7.35. The molecule has 0 bridgehead atoms. The van der Waals surface area contributed by atoms with E-state index in [1.54, 1.807) is 0 Å². The van der Waals surface area contributed by atoms with Gasteiger partial charge in [0.05, 0.1) is 12.1 Å². The van der Waals surface area contributed by atoms with E-state index in [0.29, 0.717) is 13.2 Å². The first-order valence-electron chi connectivity index (χ1n) is 13.3. The molecule has 0 radical (unpaired) electrons. The van der Waals surface area contributed by atoms with Crippen LogP contribution in [-0.2, 0) is 6.42 Å². The summed E-state index contributed by atoms with van der Waals surface area (Å²) in [4.78, 5) is 10.5. The molecule has 0 aliphatic heterocycles. The number of hydrogen-bond acceptors (Lipinski definition) is 3. The standard InChI is InChI=1S/C30H35Cl2N5O/c1-4-33-30(34-11-5-13-37(2)3)35-12-6-14-38-29-26-15-19-7-8-20(31)16-22(19)23(26)18-25-24-17-21(32)9-10-27(24)36-28(25)29/h7-10,16-18,36H,4-6,11-15H2,1-3H3,(H2,33,34,35). The van der Waals surface area contributed by atoms with Crippen LogP contribution in [0.5, 0.6) is 5.75 Å². The average Bonchev–Trinajstić information content (AvgIpc) is 3.43. The second kappa shape index (κ2) is 11.9. The van der Waals surface area contributed by atoms with Gasteiger partial charge in [-0.2, -0.15) is 0 Å². The molecule has 6 nitrogen and oxygen atoms in total. The summed E-state index contributed by atoms with van der Waals surface area (Å²) in [5.41, 5.74) is 6.89. The Morgan fingerprint density at radius 2 is 1.82 bits per heavy atom. The zero-order valence-electron chi connectivity index (χ0n) is 22.3. The maximum Gasteiger partial charge on any atom is 0.191 e. The Morgan fingerprint density at radius 1 is 1.00 bits per heavy atom. The van der Waals surface area contributed by atoms with Gasteiger partial charge in [-0.3, -0.25) is 4.99 Å². The Bertz CT molecular complexity index is 1480. The predicted molar refractivity (Wildman–Crippen MR) is 161 cm³/mol. The van der Waals surface area contributed by atoms with E-state index < -0.39 is 0 Å². The second-order valence-corrected chi connectivity index (χ2v) is 10.9. The van der Waals surface area contributed by atoms with Crippen LogP contribution in [-0.4, -0.2) is 62.7 Å². The number of guanidine groups is 1. The van der Waals surface area contributed by atoms with Crippen LogP contribution in [0, 0.1) is 0 Å². The number of aliphatic imine (C=N–C) groups is 1.